The van der Waals surface area contributed by atoms with Crippen LogP contribution in [0.25, 0.3) is 10.9 Å². The molecule has 0 amide bonds. The van der Waals surface area contributed by atoms with Gasteiger partial charge >= 0.3 is 5.97 Å². The summed E-state index contributed by atoms with van der Waals surface area (Å²) in [6.45, 7) is 3.86. The molecule has 2 aromatic carbocycles. The van der Waals surface area contributed by atoms with E-state index in [1.807, 2.05) is 31.2 Å². The maximum Gasteiger partial charge on any atom is 0.309 e. The molecule has 1 N–H and O–H groups in total. The summed E-state index contributed by atoms with van der Waals surface area (Å²) >= 11 is 0. The number of nitrogens with one attached hydrogen (secondary N) is 1. The Balaban J connectivity index is 1.58. The number of hydrogen-bond acceptors (Lipinski definition) is 5. The second-order valence-electron chi connectivity index (χ2n) is 6.02. The zero-order valence-electron chi connectivity index (χ0n) is 14.7. The van der Waals surface area contributed by atoms with Gasteiger partial charge < -0.3 is 14.5 Å². The van der Waals surface area contributed by atoms with Crippen molar-refractivity contribution in [2.75, 3.05) is 6.61 Å². The zero-order chi connectivity index (χ0) is 18.5. The predicted octanol–water partition coefficient (Wildman–Crippen LogP) is 3.30. The number of rotatable bonds is 6. The molecule has 0 aliphatic carbocycles. The Morgan fingerprint density at radius 1 is 1.19 bits per heavy atom. The summed E-state index contributed by atoms with van der Waals surface area (Å²) in [7, 11) is 0. The molecule has 0 saturated carbocycles. The molecular formula is C20H20N2O4. The number of aryl methyl sites for hydroxylation is 1. The summed E-state index contributed by atoms with van der Waals surface area (Å²) in [6.07, 6.45) is -0.547. The minimum absolute atomic E-state index is 0.107. The molecule has 0 unspecified atom stereocenters. The summed E-state index contributed by atoms with van der Waals surface area (Å²) in [4.78, 5) is 31.1. The quantitative estimate of drug-likeness (QED) is 0.688. The Morgan fingerprint density at radius 3 is 2.81 bits per heavy atom. The number of para-hydroxylation sites is 1. The SMILES string of the molecule is Cc1cccc(OCCC(=O)O[C@@H](C)c2nc3ccccc3c(=O)[nH]2)c1. The fraction of sp³-hybridized carbons (Fsp3) is 0.250. The Hall–Kier alpha value is -3.15. The molecule has 0 saturated heterocycles. The molecule has 0 aliphatic heterocycles. The fourth-order valence-corrected chi connectivity index (χ4v) is 2.57. The third kappa shape index (κ3) is 4.27. The summed E-state index contributed by atoms with van der Waals surface area (Å²) in [5.41, 5.74) is 1.40. The van der Waals surface area contributed by atoms with Crippen LogP contribution < -0.4 is 10.3 Å². The van der Waals surface area contributed by atoms with Crippen molar-refractivity contribution in [2.45, 2.75) is 26.4 Å². The van der Waals surface area contributed by atoms with Crippen molar-refractivity contribution < 1.29 is 14.3 Å². The highest BCUT2D eigenvalue weighted by atomic mass is 16.5. The van der Waals surface area contributed by atoms with E-state index in [0.29, 0.717) is 22.5 Å². The van der Waals surface area contributed by atoms with Crippen LogP contribution in [0.4, 0.5) is 0 Å². The van der Waals surface area contributed by atoms with Gasteiger partial charge in [-0.3, -0.25) is 9.59 Å². The number of ether oxygens (including phenoxy) is 2. The highest BCUT2D eigenvalue weighted by Gasteiger charge is 2.15. The van der Waals surface area contributed by atoms with E-state index in [1.54, 1.807) is 31.2 Å². The Kier molecular flexibility index (Phi) is 5.31. The molecule has 0 fully saturated rings. The van der Waals surface area contributed by atoms with E-state index in [9.17, 15) is 9.59 Å². The van der Waals surface area contributed by atoms with Crippen molar-refractivity contribution in [3.05, 3.63) is 70.3 Å². The maximum atomic E-state index is 12.1. The lowest BCUT2D eigenvalue weighted by Crippen LogP contribution is -2.18. The zero-order valence-corrected chi connectivity index (χ0v) is 14.7. The number of esters is 1. The highest BCUT2D eigenvalue weighted by molar-refractivity contribution is 5.77. The molecule has 0 spiro atoms. The number of carbonyl (C=O) groups excluding carboxylic acids is 1. The number of benzene rings is 2. The largest absolute Gasteiger partial charge is 0.493 e. The fourth-order valence-electron chi connectivity index (χ4n) is 2.57. The first-order valence-electron chi connectivity index (χ1n) is 8.41. The highest BCUT2D eigenvalue weighted by Crippen LogP contribution is 2.16. The second kappa shape index (κ2) is 7.82. The Morgan fingerprint density at radius 2 is 2.00 bits per heavy atom. The van der Waals surface area contributed by atoms with Crippen LogP contribution in [0.2, 0.25) is 0 Å². The topological polar surface area (TPSA) is 81.3 Å². The average Bonchev–Trinajstić information content (AvgIpc) is 2.61. The molecule has 134 valence electrons. The van der Waals surface area contributed by atoms with Gasteiger partial charge in [0.05, 0.1) is 23.9 Å². The van der Waals surface area contributed by atoms with Crippen molar-refractivity contribution in [1.29, 1.82) is 0 Å². The minimum atomic E-state index is -0.654. The number of aromatic nitrogens is 2. The van der Waals surface area contributed by atoms with E-state index in [0.717, 1.165) is 5.56 Å². The monoisotopic (exact) mass is 352 g/mol. The summed E-state index contributed by atoms with van der Waals surface area (Å²) in [6, 6.07) is 14.6. The van der Waals surface area contributed by atoms with Gasteiger partial charge in [-0.15, -0.1) is 0 Å². The normalized spacial score (nSPS) is 11.9. The first-order valence-corrected chi connectivity index (χ1v) is 8.41. The Labute approximate surface area is 150 Å². The van der Waals surface area contributed by atoms with E-state index in [1.165, 1.54) is 0 Å². The molecule has 0 bridgehead atoms. The third-order valence-electron chi connectivity index (χ3n) is 3.89. The number of aromatic amines is 1. The second-order valence-corrected chi connectivity index (χ2v) is 6.02. The number of nitrogens with zero attached hydrogens (tertiary/aromatic N) is 1. The van der Waals surface area contributed by atoms with Crippen LogP contribution in [0.15, 0.2) is 53.3 Å². The summed E-state index contributed by atoms with van der Waals surface area (Å²) in [5.74, 6) is 0.619. The van der Waals surface area contributed by atoms with Crippen LogP contribution in [-0.4, -0.2) is 22.5 Å². The number of fused-ring (bicyclic) bond motifs is 1. The van der Waals surface area contributed by atoms with Crippen LogP contribution in [-0.2, 0) is 9.53 Å². The number of carbonyl (C=O) groups is 1. The van der Waals surface area contributed by atoms with Gasteiger partial charge in [-0.05, 0) is 43.7 Å². The molecule has 3 aromatic rings. The molecular weight excluding hydrogens is 332 g/mol. The minimum Gasteiger partial charge on any atom is -0.493 e. The van der Waals surface area contributed by atoms with Gasteiger partial charge in [-0.25, -0.2) is 4.98 Å². The molecule has 0 aliphatic rings. The maximum absolute atomic E-state index is 12.1. The predicted molar refractivity (Wildman–Crippen MR) is 98.2 cm³/mol. The van der Waals surface area contributed by atoms with E-state index >= 15 is 0 Å². The van der Waals surface area contributed by atoms with Gasteiger partial charge in [-0.1, -0.05) is 24.3 Å². The van der Waals surface area contributed by atoms with Gasteiger partial charge in [-0.2, -0.15) is 0 Å². The number of hydrogen-bond donors (Lipinski definition) is 1. The summed E-state index contributed by atoms with van der Waals surface area (Å²) < 4.78 is 10.9. The average molecular weight is 352 g/mol. The van der Waals surface area contributed by atoms with Gasteiger partial charge in [0.25, 0.3) is 5.56 Å². The first kappa shape index (κ1) is 17.7. The molecule has 6 nitrogen and oxygen atoms in total. The first-order chi connectivity index (χ1) is 12.5. The van der Waals surface area contributed by atoms with E-state index < -0.39 is 12.1 Å². The molecule has 6 heteroatoms. The lowest BCUT2D eigenvalue weighted by atomic mass is 10.2. The molecule has 1 heterocycles. The van der Waals surface area contributed by atoms with Gasteiger partial charge in [0.2, 0.25) is 0 Å². The van der Waals surface area contributed by atoms with E-state index in [4.69, 9.17) is 9.47 Å². The van der Waals surface area contributed by atoms with Gasteiger partial charge in [0.1, 0.15) is 5.75 Å². The van der Waals surface area contributed by atoms with Crippen LogP contribution in [0, 0.1) is 6.92 Å². The summed E-state index contributed by atoms with van der Waals surface area (Å²) in [5, 5.41) is 0.501. The van der Waals surface area contributed by atoms with Crippen molar-refractivity contribution in [1.82, 2.24) is 9.97 Å². The van der Waals surface area contributed by atoms with Crippen molar-refractivity contribution in [2.24, 2.45) is 0 Å². The lowest BCUT2D eigenvalue weighted by molar-refractivity contribution is -0.149. The van der Waals surface area contributed by atoms with Gasteiger partial charge in [0, 0.05) is 0 Å². The smallest absolute Gasteiger partial charge is 0.309 e. The van der Waals surface area contributed by atoms with E-state index in [2.05, 4.69) is 9.97 Å². The van der Waals surface area contributed by atoms with Crippen molar-refractivity contribution >= 4 is 16.9 Å². The number of H-pyrrole nitrogens is 1. The molecule has 1 atom stereocenters. The van der Waals surface area contributed by atoms with E-state index in [-0.39, 0.29) is 18.6 Å². The lowest BCUT2D eigenvalue weighted by Gasteiger charge is -2.13. The third-order valence-corrected chi connectivity index (χ3v) is 3.89. The van der Waals surface area contributed by atoms with Crippen molar-refractivity contribution in [3.63, 3.8) is 0 Å². The molecule has 1 aromatic heterocycles. The van der Waals surface area contributed by atoms with Crippen LogP contribution in [0.3, 0.4) is 0 Å². The van der Waals surface area contributed by atoms with Crippen LogP contribution in [0.5, 0.6) is 5.75 Å². The molecule has 0 radical (unpaired) electrons. The molecule has 3 rings (SSSR count). The van der Waals surface area contributed by atoms with Gasteiger partial charge in [0.15, 0.2) is 11.9 Å². The van der Waals surface area contributed by atoms with Crippen LogP contribution >= 0.6 is 0 Å². The molecule has 26 heavy (non-hydrogen) atoms. The standard InChI is InChI=1S/C20H20N2O4/c1-13-6-5-7-15(12-13)25-11-10-18(23)26-14(2)19-21-17-9-4-3-8-16(17)20(24)22-19/h3-9,12,14H,10-11H2,1-2H3,(H,21,22,24)/t14-/m0/s1. The van der Waals surface area contributed by atoms with Crippen molar-refractivity contribution in [3.8, 4) is 5.75 Å². The Bertz CT molecular complexity index is 981. The van der Waals surface area contributed by atoms with Crippen LogP contribution in [0.1, 0.15) is 30.8 Å².